The Hall–Kier alpha value is -1.55. The number of hydrogen-bond donors (Lipinski definition) is 2. The molecule has 0 aliphatic rings. The highest BCUT2D eigenvalue weighted by atomic mass is 16.4. The van der Waals surface area contributed by atoms with E-state index in [4.69, 9.17) is 5.11 Å². The molecule has 1 aromatic rings. The van der Waals surface area contributed by atoms with Crippen molar-refractivity contribution in [2.75, 3.05) is 13.6 Å². The average molecular weight is 251 g/mol. The second kappa shape index (κ2) is 6.40. The molecule has 0 bridgehead atoms. The summed E-state index contributed by atoms with van der Waals surface area (Å²) in [5.74, 6) is -0.480. The van der Waals surface area contributed by atoms with Gasteiger partial charge < -0.3 is 15.1 Å². The molecule has 1 aromatic carbocycles. The summed E-state index contributed by atoms with van der Waals surface area (Å²) in [6.45, 7) is 4.54. The van der Waals surface area contributed by atoms with Crippen molar-refractivity contribution in [1.82, 2.24) is 4.90 Å². The van der Waals surface area contributed by atoms with Gasteiger partial charge in [-0.2, -0.15) is 0 Å². The zero-order chi connectivity index (χ0) is 13.7. The van der Waals surface area contributed by atoms with Crippen LogP contribution in [0.2, 0.25) is 0 Å². The van der Waals surface area contributed by atoms with Crippen LogP contribution in [0.3, 0.4) is 0 Å². The number of hydrogen-bond acceptors (Lipinski definition) is 3. The predicted molar refractivity (Wildman–Crippen MR) is 70.9 cm³/mol. The number of likely N-dealkylation sites (N-methyl/N-ethyl adjacent to an activating group) is 1. The van der Waals surface area contributed by atoms with Gasteiger partial charge in [-0.3, -0.25) is 4.79 Å². The minimum atomic E-state index is -0.785. The highest BCUT2D eigenvalue weighted by Gasteiger charge is 2.13. The molecule has 0 radical (unpaired) electrons. The Morgan fingerprint density at radius 1 is 1.44 bits per heavy atom. The van der Waals surface area contributed by atoms with Crippen LogP contribution in [-0.2, 0) is 11.2 Å². The number of aromatic hydroxyl groups is 1. The first-order chi connectivity index (χ1) is 8.40. The van der Waals surface area contributed by atoms with E-state index in [0.717, 1.165) is 11.1 Å². The fourth-order valence-corrected chi connectivity index (χ4v) is 1.84. The highest BCUT2D eigenvalue weighted by molar-refractivity contribution is 5.66. The molecule has 0 amide bonds. The number of nitrogens with zero attached hydrogens (tertiary/aromatic N) is 1. The van der Waals surface area contributed by atoms with Crippen molar-refractivity contribution in [1.29, 1.82) is 0 Å². The number of phenols is 1. The van der Waals surface area contributed by atoms with Gasteiger partial charge in [0.1, 0.15) is 5.75 Å². The second-order valence-electron chi connectivity index (χ2n) is 4.81. The number of rotatable bonds is 6. The van der Waals surface area contributed by atoms with Gasteiger partial charge in [0.15, 0.2) is 0 Å². The van der Waals surface area contributed by atoms with Crippen molar-refractivity contribution in [3.05, 3.63) is 29.3 Å². The normalized spacial score (nSPS) is 12.7. The monoisotopic (exact) mass is 251 g/mol. The Bertz CT molecular complexity index is 418. The topological polar surface area (TPSA) is 60.8 Å². The molecule has 0 heterocycles. The maximum atomic E-state index is 10.5. The van der Waals surface area contributed by atoms with Crippen LogP contribution in [0.15, 0.2) is 18.2 Å². The third-order valence-corrected chi connectivity index (χ3v) is 3.18. The van der Waals surface area contributed by atoms with Gasteiger partial charge in [-0.05, 0) is 38.9 Å². The molecule has 1 unspecified atom stereocenters. The van der Waals surface area contributed by atoms with Crippen LogP contribution >= 0.6 is 0 Å². The van der Waals surface area contributed by atoms with Gasteiger partial charge in [-0.25, -0.2) is 0 Å². The second-order valence-corrected chi connectivity index (χ2v) is 4.81. The molecule has 0 saturated heterocycles. The van der Waals surface area contributed by atoms with Crippen molar-refractivity contribution in [2.24, 2.45) is 0 Å². The summed E-state index contributed by atoms with van der Waals surface area (Å²) in [6.07, 6.45) is 0.851. The van der Waals surface area contributed by atoms with Gasteiger partial charge in [-0.15, -0.1) is 0 Å². The molecule has 1 atom stereocenters. The van der Waals surface area contributed by atoms with Gasteiger partial charge in [-0.1, -0.05) is 17.7 Å². The Kier molecular flexibility index (Phi) is 5.16. The molecule has 0 aromatic heterocycles. The molecular formula is C14H21NO3. The largest absolute Gasteiger partial charge is 0.508 e. The van der Waals surface area contributed by atoms with Gasteiger partial charge in [0, 0.05) is 12.6 Å². The van der Waals surface area contributed by atoms with Crippen LogP contribution < -0.4 is 0 Å². The predicted octanol–water partition coefficient (Wildman–Crippen LogP) is 2.04. The molecular weight excluding hydrogens is 230 g/mol. The zero-order valence-electron chi connectivity index (χ0n) is 11.2. The minimum Gasteiger partial charge on any atom is -0.508 e. The number of carboxylic acid groups (broad SMARTS) is 1. The number of carbonyl (C=O) groups is 1. The number of carboxylic acids is 1. The lowest BCUT2D eigenvalue weighted by atomic mass is 10.0. The van der Waals surface area contributed by atoms with Gasteiger partial charge >= 0.3 is 5.97 Å². The average Bonchev–Trinajstić information content (AvgIpc) is 2.30. The molecule has 0 spiro atoms. The van der Waals surface area contributed by atoms with E-state index in [0.29, 0.717) is 18.7 Å². The zero-order valence-corrected chi connectivity index (χ0v) is 11.2. The summed E-state index contributed by atoms with van der Waals surface area (Å²) in [5.41, 5.74) is 2.02. The third kappa shape index (κ3) is 4.37. The maximum Gasteiger partial charge on any atom is 0.304 e. The maximum absolute atomic E-state index is 10.5. The van der Waals surface area contributed by atoms with Crippen molar-refractivity contribution < 1.29 is 15.0 Å². The lowest BCUT2D eigenvalue weighted by Gasteiger charge is -2.24. The molecule has 1 rings (SSSR count). The van der Waals surface area contributed by atoms with Crippen LogP contribution in [0.1, 0.15) is 24.5 Å². The van der Waals surface area contributed by atoms with Gasteiger partial charge in [0.2, 0.25) is 0 Å². The SMILES string of the molecule is Cc1ccc(O)c(CC(C)N(C)CCC(=O)O)c1. The Balaban J connectivity index is 2.60. The molecule has 100 valence electrons. The number of benzene rings is 1. The van der Waals surface area contributed by atoms with E-state index in [-0.39, 0.29) is 12.5 Å². The van der Waals surface area contributed by atoms with Crippen LogP contribution in [0.5, 0.6) is 5.75 Å². The summed E-state index contributed by atoms with van der Waals surface area (Å²) < 4.78 is 0. The van der Waals surface area contributed by atoms with Crippen molar-refractivity contribution in [3.8, 4) is 5.75 Å². The quantitative estimate of drug-likeness (QED) is 0.812. The van der Waals surface area contributed by atoms with Crippen LogP contribution in [0, 0.1) is 6.92 Å². The summed E-state index contributed by atoms with van der Waals surface area (Å²) in [6, 6.07) is 5.74. The smallest absolute Gasteiger partial charge is 0.304 e. The van der Waals surface area contributed by atoms with E-state index in [1.807, 2.05) is 37.9 Å². The Labute approximate surface area is 108 Å². The number of aliphatic carboxylic acids is 1. The van der Waals surface area contributed by atoms with E-state index in [1.54, 1.807) is 6.07 Å². The van der Waals surface area contributed by atoms with Gasteiger partial charge in [0.05, 0.1) is 6.42 Å². The lowest BCUT2D eigenvalue weighted by Crippen LogP contribution is -2.32. The Morgan fingerprint density at radius 2 is 2.11 bits per heavy atom. The van der Waals surface area contributed by atoms with Crippen molar-refractivity contribution in [3.63, 3.8) is 0 Å². The highest BCUT2D eigenvalue weighted by Crippen LogP contribution is 2.20. The summed E-state index contributed by atoms with van der Waals surface area (Å²) in [4.78, 5) is 12.5. The molecule has 4 heteroatoms. The minimum absolute atomic E-state index is 0.140. The van der Waals surface area contributed by atoms with E-state index in [2.05, 4.69) is 0 Å². The first-order valence-corrected chi connectivity index (χ1v) is 6.10. The molecule has 0 aliphatic carbocycles. The van der Waals surface area contributed by atoms with Crippen LogP contribution in [0.4, 0.5) is 0 Å². The standard InChI is InChI=1S/C14H21NO3/c1-10-4-5-13(16)12(8-10)9-11(2)15(3)7-6-14(17)18/h4-5,8,11,16H,6-7,9H2,1-3H3,(H,17,18). The molecule has 0 fully saturated rings. The third-order valence-electron chi connectivity index (χ3n) is 3.18. The van der Waals surface area contributed by atoms with Crippen LogP contribution in [0.25, 0.3) is 0 Å². The van der Waals surface area contributed by atoms with Crippen molar-refractivity contribution in [2.45, 2.75) is 32.7 Å². The summed E-state index contributed by atoms with van der Waals surface area (Å²) in [5, 5.41) is 18.4. The van der Waals surface area contributed by atoms with E-state index in [1.165, 1.54) is 0 Å². The fourth-order valence-electron chi connectivity index (χ4n) is 1.84. The van der Waals surface area contributed by atoms with E-state index < -0.39 is 5.97 Å². The first kappa shape index (κ1) is 14.5. The van der Waals surface area contributed by atoms with Crippen LogP contribution in [-0.4, -0.2) is 40.7 Å². The van der Waals surface area contributed by atoms with Crippen molar-refractivity contribution >= 4 is 5.97 Å². The molecule has 4 nitrogen and oxygen atoms in total. The summed E-state index contributed by atoms with van der Waals surface area (Å²) in [7, 11) is 1.90. The van der Waals surface area contributed by atoms with Gasteiger partial charge in [0.25, 0.3) is 0 Å². The Morgan fingerprint density at radius 3 is 2.72 bits per heavy atom. The molecule has 18 heavy (non-hydrogen) atoms. The fraction of sp³-hybridized carbons (Fsp3) is 0.500. The van der Waals surface area contributed by atoms with E-state index >= 15 is 0 Å². The van der Waals surface area contributed by atoms with E-state index in [9.17, 15) is 9.90 Å². The number of phenolic OH excluding ortho intramolecular Hbond substituents is 1. The number of aryl methyl sites for hydroxylation is 1. The summed E-state index contributed by atoms with van der Waals surface area (Å²) >= 11 is 0. The lowest BCUT2D eigenvalue weighted by molar-refractivity contribution is -0.137. The first-order valence-electron chi connectivity index (χ1n) is 6.10. The molecule has 2 N–H and O–H groups in total. The molecule has 0 saturated carbocycles. The molecule has 0 aliphatic heterocycles.